The molecule has 2 aliphatic heterocycles. The maximum absolute atomic E-state index is 14.0. The molecule has 40 heavy (non-hydrogen) atoms. The van der Waals surface area contributed by atoms with E-state index in [9.17, 15) is 9.59 Å². The molecule has 3 heterocycles. The minimum absolute atomic E-state index is 0.176. The van der Waals surface area contributed by atoms with Crippen molar-refractivity contribution in [1.29, 1.82) is 0 Å². The summed E-state index contributed by atoms with van der Waals surface area (Å²) in [4.78, 5) is 33.0. The molecular weight excluding hydrogens is 524 g/mol. The van der Waals surface area contributed by atoms with Crippen LogP contribution in [0.25, 0.3) is 11.8 Å². The van der Waals surface area contributed by atoms with Gasteiger partial charge in [0.2, 0.25) is 6.79 Å². The van der Waals surface area contributed by atoms with Crippen molar-refractivity contribution >= 4 is 29.1 Å². The van der Waals surface area contributed by atoms with Gasteiger partial charge in [0.05, 0.1) is 28.5 Å². The third kappa shape index (κ3) is 4.64. The van der Waals surface area contributed by atoms with Gasteiger partial charge in [0.15, 0.2) is 16.3 Å². The zero-order chi connectivity index (χ0) is 27.8. The monoisotopic (exact) mass is 552 g/mol. The van der Waals surface area contributed by atoms with Gasteiger partial charge in [0.25, 0.3) is 5.56 Å². The van der Waals surface area contributed by atoms with E-state index in [4.69, 9.17) is 19.2 Å². The first-order valence-electron chi connectivity index (χ1n) is 13.2. The largest absolute Gasteiger partial charge is 0.463 e. The minimum Gasteiger partial charge on any atom is -0.463 e. The number of nitrogens with zero attached hydrogens (tertiary/aromatic N) is 2. The van der Waals surface area contributed by atoms with Gasteiger partial charge in [-0.1, -0.05) is 85.8 Å². The Bertz CT molecular complexity index is 1800. The highest BCUT2D eigenvalue weighted by Gasteiger charge is 2.35. The molecule has 1 aromatic heterocycles. The van der Waals surface area contributed by atoms with E-state index in [2.05, 4.69) is 13.8 Å². The number of carbonyl (C=O) groups excluding carboxylic acids is 1. The van der Waals surface area contributed by atoms with Gasteiger partial charge in [-0.25, -0.2) is 9.79 Å². The van der Waals surface area contributed by atoms with E-state index in [0.717, 1.165) is 16.7 Å². The minimum atomic E-state index is -0.703. The quantitative estimate of drug-likeness (QED) is 0.322. The average molecular weight is 553 g/mol. The SMILES string of the molecule is CCOC(=O)C1=C(c2ccccc2)N=c2s/c(=C\c3ccc4c(c3)OCO4)c(=O)n2[C@H]1c1ccc(C(C)C)cc1. The van der Waals surface area contributed by atoms with Crippen LogP contribution in [0.1, 0.15) is 55.0 Å². The molecule has 0 fully saturated rings. The Morgan fingerprint density at radius 1 is 1.07 bits per heavy atom. The summed E-state index contributed by atoms with van der Waals surface area (Å²) in [6.45, 7) is 6.42. The number of fused-ring (bicyclic) bond motifs is 2. The number of esters is 1. The summed E-state index contributed by atoms with van der Waals surface area (Å²) in [6, 6.07) is 22.5. The van der Waals surface area contributed by atoms with E-state index in [-0.39, 0.29) is 19.0 Å². The second-order valence-corrected chi connectivity index (χ2v) is 10.9. The van der Waals surface area contributed by atoms with Crippen LogP contribution in [0.3, 0.4) is 0 Å². The molecule has 0 aliphatic carbocycles. The zero-order valence-electron chi connectivity index (χ0n) is 22.4. The smallest absolute Gasteiger partial charge is 0.338 e. The van der Waals surface area contributed by atoms with Crippen LogP contribution in [0.4, 0.5) is 0 Å². The molecule has 6 rings (SSSR count). The Kier molecular flexibility index (Phi) is 6.86. The molecule has 0 saturated carbocycles. The molecule has 4 aromatic rings. The van der Waals surface area contributed by atoms with Crippen LogP contribution >= 0.6 is 11.3 Å². The van der Waals surface area contributed by atoms with Crippen molar-refractivity contribution in [3.05, 3.63) is 120 Å². The van der Waals surface area contributed by atoms with E-state index in [1.807, 2.05) is 78.9 Å². The molecule has 0 amide bonds. The van der Waals surface area contributed by atoms with Crippen LogP contribution in [0.15, 0.2) is 88.2 Å². The molecule has 0 saturated heterocycles. The van der Waals surface area contributed by atoms with Crippen LogP contribution in [0, 0.1) is 0 Å². The van der Waals surface area contributed by atoms with Crippen LogP contribution < -0.4 is 24.4 Å². The Labute approximate surface area is 235 Å². The van der Waals surface area contributed by atoms with Crippen molar-refractivity contribution in [3.8, 4) is 11.5 Å². The zero-order valence-corrected chi connectivity index (χ0v) is 23.2. The molecule has 202 valence electrons. The fourth-order valence-electron chi connectivity index (χ4n) is 4.97. The first-order valence-corrected chi connectivity index (χ1v) is 14.0. The lowest BCUT2D eigenvalue weighted by Gasteiger charge is -2.26. The number of rotatable bonds is 6. The second kappa shape index (κ2) is 10.6. The molecule has 7 nitrogen and oxygen atoms in total. The van der Waals surface area contributed by atoms with Crippen LogP contribution in [-0.2, 0) is 9.53 Å². The van der Waals surface area contributed by atoms with Gasteiger partial charge in [-0.2, -0.15) is 0 Å². The van der Waals surface area contributed by atoms with Crippen molar-refractivity contribution in [3.63, 3.8) is 0 Å². The highest BCUT2D eigenvalue weighted by molar-refractivity contribution is 7.07. The van der Waals surface area contributed by atoms with Crippen molar-refractivity contribution in [2.45, 2.75) is 32.7 Å². The molecule has 0 unspecified atom stereocenters. The van der Waals surface area contributed by atoms with Crippen LogP contribution in [0.2, 0.25) is 0 Å². The van der Waals surface area contributed by atoms with E-state index in [0.29, 0.717) is 38.0 Å². The Morgan fingerprint density at radius 3 is 2.55 bits per heavy atom. The summed E-state index contributed by atoms with van der Waals surface area (Å²) < 4.78 is 18.6. The maximum atomic E-state index is 14.0. The standard InChI is InChI=1S/C32H28N2O5S/c1-4-37-31(36)27-28(22-8-6-5-7-9-22)33-32-34(29(27)23-13-11-21(12-14-23)19(2)3)30(35)26(40-32)17-20-10-15-24-25(16-20)39-18-38-24/h5-17,19,29H,4,18H2,1-3H3/b26-17-/t29-/m0/s1. The second-order valence-electron chi connectivity index (χ2n) is 9.87. The average Bonchev–Trinajstić information content (AvgIpc) is 3.56. The molecular formula is C32H28N2O5S. The predicted molar refractivity (Wildman–Crippen MR) is 154 cm³/mol. The van der Waals surface area contributed by atoms with Gasteiger partial charge in [-0.15, -0.1) is 0 Å². The third-order valence-corrected chi connectivity index (χ3v) is 7.97. The number of ether oxygens (including phenoxy) is 3. The fourth-order valence-corrected chi connectivity index (χ4v) is 5.97. The first kappa shape index (κ1) is 25.8. The van der Waals surface area contributed by atoms with E-state index < -0.39 is 12.0 Å². The fraction of sp³-hybridized carbons (Fsp3) is 0.219. The predicted octanol–water partition coefficient (Wildman–Crippen LogP) is 4.79. The normalized spacial score (nSPS) is 16.2. The van der Waals surface area contributed by atoms with Crippen LogP contribution in [0.5, 0.6) is 11.5 Å². The molecule has 2 aliphatic rings. The summed E-state index contributed by atoms with van der Waals surface area (Å²) in [5.74, 6) is 1.17. The van der Waals surface area contributed by atoms with Crippen molar-refractivity contribution in [2.75, 3.05) is 13.4 Å². The van der Waals surface area contributed by atoms with Gasteiger partial charge in [0, 0.05) is 5.56 Å². The lowest BCUT2D eigenvalue weighted by molar-refractivity contribution is -0.138. The van der Waals surface area contributed by atoms with Gasteiger partial charge >= 0.3 is 5.97 Å². The number of thiazole rings is 1. The van der Waals surface area contributed by atoms with Crippen molar-refractivity contribution in [1.82, 2.24) is 4.57 Å². The summed E-state index contributed by atoms with van der Waals surface area (Å²) in [6.07, 6.45) is 1.82. The molecule has 3 aromatic carbocycles. The summed E-state index contributed by atoms with van der Waals surface area (Å²) >= 11 is 1.29. The Morgan fingerprint density at radius 2 is 1.82 bits per heavy atom. The highest BCUT2D eigenvalue weighted by atomic mass is 32.1. The van der Waals surface area contributed by atoms with Gasteiger partial charge in [-0.05, 0) is 47.7 Å². The number of aromatic nitrogens is 1. The van der Waals surface area contributed by atoms with Gasteiger partial charge in [0.1, 0.15) is 0 Å². The van der Waals surface area contributed by atoms with E-state index in [1.54, 1.807) is 11.5 Å². The topological polar surface area (TPSA) is 79.1 Å². The number of benzene rings is 3. The number of hydrogen-bond donors (Lipinski definition) is 0. The summed E-state index contributed by atoms with van der Waals surface area (Å²) in [7, 11) is 0. The van der Waals surface area contributed by atoms with Crippen molar-refractivity contribution in [2.24, 2.45) is 4.99 Å². The van der Waals surface area contributed by atoms with E-state index >= 15 is 0 Å². The summed E-state index contributed by atoms with van der Waals surface area (Å²) in [5, 5.41) is 0. The molecule has 0 bridgehead atoms. The lowest BCUT2D eigenvalue weighted by atomic mass is 9.91. The third-order valence-electron chi connectivity index (χ3n) is 6.99. The van der Waals surface area contributed by atoms with E-state index in [1.165, 1.54) is 16.9 Å². The summed E-state index contributed by atoms with van der Waals surface area (Å²) in [5.41, 5.74) is 4.19. The molecule has 0 radical (unpaired) electrons. The number of hydrogen-bond acceptors (Lipinski definition) is 7. The van der Waals surface area contributed by atoms with Gasteiger partial charge in [-0.3, -0.25) is 9.36 Å². The number of carbonyl (C=O) groups is 1. The van der Waals surface area contributed by atoms with Crippen LogP contribution in [-0.4, -0.2) is 23.9 Å². The Balaban J connectivity index is 1.60. The van der Waals surface area contributed by atoms with Crippen molar-refractivity contribution < 1.29 is 19.0 Å². The molecule has 8 heteroatoms. The molecule has 0 N–H and O–H groups in total. The Hall–Kier alpha value is -4.43. The molecule has 1 atom stereocenters. The molecule has 0 spiro atoms. The van der Waals surface area contributed by atoms with Gasteiger partial charge < -0.3 is 14.2 Å². The highest BCUT2D eigenvalue weighted by Crippen LogP contribution is 2.36. The maximum Gasteiger partial charge on any atom is 0.338 e. The lowest BCUT2D eigenvalue weighted by Crippen LogP contribution is -2.40. The first-order chi connectivity index (χ1) is 19.4.